The minimum absolute atomic E-state index is 1.32. The van der Waals surface area contributed by atoms with E-state index in [4.69, 9.17) is 0 Å². The Hall–Kier alpha value is 0.868. The highest BCUT2D eigenvalue weighted by molar-refractivity contribution is 6.75. The first kappa shape index (κ1) is 6.98. The highest BCUT2D eigenvalue weighted by atomic mass is 28.3. The van der Waals surface area contributed by atoms with Gasteiger partial charge in [-0.2, -0.15) is 0 Å². The van der Waals surface area contributed by atoms with Gasteiger partial charge in [0.15, 0.2) is 0 Å². The summed E-state index contributed by atoms with van der Waals surface area (Å²) >= 11 is 0. The molecule has 1 aliphatic rings. The second-order valence-electron chi connectivity index (χ2n) is 1.71. The molecule has 0 unspecified atom stereocenters. The lowest BCUT2D eigenvalue weighted by Gasteiger charge is -2.02. The smallest absolute Gasteiger partial charge is 0.0307 e. The zero-order valence-corrected chi connectivity index (χ0v) is 8.83. The molecule has 0 atom stereocenters. The zero-order chi connectivity index (χ0) is 5.66. The van der Waals surface area contributed by atoms with E-state index in [0.717, 1.165) is 0 Å². The maximum absolute atomic E-state index is 1.57. The molecular formula is C4H8Si4. The third-order valence-corrected chi connectivity index (χ3v) is 9.00. The molecular weight excluding hydrogens is 160 g/mol. The van der Waals surface area contributed by atoms with E-state index in [-0.39, 0.29) is 0 Å². The zero-order valence-electron chi connectivity index (χ0n) is 4.83. The molecule has 1 aliphatic heterocycles. The number of hydrogen-bond acceptors (Lipinski definition) is 0. The SMILES string of the molecule is C1[Si]C[Si]C[Si]C[Si]1. The topological polar surface area (TPSA) is 0 Å². The van der Waals surface area contributed by atoms with Gasteiger partial charge >= 0.3 is 0 Å². The maximum atomic E-state index is 1.57. The molecule has 40 valence electrons. The summed E-state index contributed by atoms with van der Waals surface area (Å²) in [7, 11) is 5.28. The molecule has 4 heteroatoms. The summed E-state index contributed by atoms with van der Waals surface area (Å²) in [6.45, 7) is 0. The van der Waals surface area contributed by atoms with Gasteiger partial charge in [-0.05, 0) is 0 Å². The van der Waals surface area contributed by atoms with Gasteiger partial charge in [0.1, 0.15) is 0 Å². The average molecular weight is 168 g/mol. The molecule has 1 saturated heterocycles. The lowest BCUT2D eigenvalue weighted by molar-refractivity contribution is 1.71. The molecule has 0 aliphatic carbocycles. The van der Waals surface area contributed by atoms with Crippen molar-refractivity contribution < 1.29 is 0 Å². The monoisotopic (exact) mass is 168 g/mol. The summed E-state index contributed by atoms with van der Waals surface area (Å²) in [5.74, 6) is 0. The Labute approximate surface area is 61.1 Å². The second-order valence-corrected chi connectivity index (χ2v) is 9.36. The van der Waals surface area contributed by atoms with Gasteiger partial charge < -0.3 is 0 Å². The van der Waals surface area contributed by atoms with Gasteiger partial charge in [0.05, 0.1) is 0 Å². The fourth-order valence-corrected chi connectivity index (χ4v) is 9.93. The van der Waals surface area contributed by atoms with Crippen molar-refractivity contribution in [1.29, 1.82) is 0 Å². The molecule has 1 fully saturated rings. The van der Waals surface area contributed by atoms with Gasteiger partial charge in [0.25, 0.3) is 0 Å². The second kappa shape index (κ2) is 4.72. The largest absolute Gasteiger partial charge is 0.0695 e. The van der Waals surface area contributed by atoms with Crippen LogP contribution in [0.1, 0.15) is 0 Å². The fourth-order valence-electron chi connectivity index (χ4n) is 0.604. The molecule has 8 radical (unpaired) electrons. The van der Waals surface area contributed by atoms with E-state index in [2.05, 4.69) is 0 Å². The molecule has 0 spiro atoms. The van der Waals surface area contributed by atoms with Gasteiger partial charge in [-0.15, -0.1) is 0 Å². The minimum atomic E-state index is 1.32. The molecule has 0 aromatic rings. The van der Waals surface area contributed by atoms with E-state index in [1.165, 1.54) is 38.1 Å². The molecule has 1 rings (SSSR count). The normalized spacial score (nSPS) is 24.0. The Kier molecular flexibility index (Phi) is 4.12. The predicted octanol–water partition coefficient (Wildman–Crippen LogP) is 0.320. The number of hydrogen-bond donors (Lipinski definition) is 0. The quantitative estimate of drug-likeness (QED) is 0.457. The van der Waals surface area contributed by atoms with Gasteiger partial charge in [0.2, 0.25) is 0 Å². The van der Waals surface area contributed by atoms with Crippen LogP contribution in [0.3, 0.4) is 0 Å². The van der Waals surface area contributed by atoms with Crippen molar-refractivity contribution >= 4 is 38.1 Å². The lowest BCUT2D eigenvalue weighted by Crippen LogP contribution is -2.10. The molecule has 0 bridgehead atoms. The van der Waals surface area contributed by atoms with Crippen molar-refractivity contribution in [3.05, 3.63) is 0 Å². The molecule has 0 N–H and O–H groups in total. The summed E-state index contributed by atoms with van der Waals surface area (Å²) in [6, 6.07) is 0. The van der Waals surface area contributed by atoms with Crippen LogP contribution in [0.4, 0.5) is 0 Å². The Morgan fingerprint density at radius 1 is 0.500 bits per heavy atom. The molecule has 0 amide bonds. The van der Waals surface area contributed by atoms with Crippen molar-refractivity contribution in [1.82, 2.24) is 0 Å². The van der Waals surface area contributed by atoms with Gasteiger partial charge in [0, 0.05) is 38.1 Å². The van der Waals surface area contributed by atoms with E-state index >= 15 is 0 Å². The Balaban J connectivity index is 2.00. The molecule has 0 aromatic heterocycles. The first-order valence-corrected chi connectivity index (χ1v) is 8.49. The lowest BCUT2D eigenvalue weighted by atomic mass is 11.8. The van der Waals surface area contributed by atoms with Gasteiger partial charge in [-0.3, -0.25) is 0 Å². The molecule has 0 aromatic carbocycles. The Bertz CT molecular complexity index is 32.0. The summed E-state index contributed by atoms with van der Waals surface area (Å²) in [6.07, 6.45) is 0. The summed E-state index contributed by atoms with van der Waals surface area (Å²) in [4.78, 5) is 0. The van der Waals surface area contributed by atoms with Crippen molar-refractivity contribution in [2.24, 2.45) is 0 Å². The Morgan fingerprint density at radius 3 is 1.00 bits per heavy atom. The molecule has 8 heavy (non-hydrogen) atoms. The van der Waals surface area contributed by atoms with E-state index in [1.807, 2.05) is 0 Å². The Morgan fingerprint density at radius 2 is 0.750 bits per heavy atom. The summed E-state index contributed by atoms with van der Waals surface area (Å²) in [5, 5.41) is 0. The molecule has 0 saturated carbocycles. The first-order chi connectivity index (χ1) is 4.00. The van der Waals surface area contributed by atoms with E-state index < -0.39 is 0 Å². The maximum Gasteiger partial charge on any atom is 0.0307 e. The average Bonchev–Trinajstić information content (AvgIpc) is 1.62. The molecule has 0 nitrogen and oxygen atoms in total. The fraction of sp³-hybridized carbons (Fsp3) is 1.00. The first-order valence-electron chi connectivity index (χ1n) is 2.83. The van der Waals surface area contributed by atoms with Crippen molar-refractivity contribution in [2.45, 2.75) is 22.7 Å². The summed E-state index contributed by atoms with van der Waals surface area (Å²) in [5.41, 5.74) is 6.28. The predicted molar refractivity (Wildman–Crippen MR) is 42.2 cm³/mol. The van der Waals surface area contributed by atoms with Crippen LogP contribution < -0.4 is 0 Å². The van der Waals surface area contributed by atoms with Crippen molar-refractivity contribution in [3.63, 3.8) is 0 Å². The van der Waals surface area contributed by atoms with Crippen LogP contribution >= 0.6 is 0 Å². The highest BCUT2D eigenvalue weighted by Crippen LogP contribution is 1.94. The number of rotatable bonds is 0. The van der Waals surface area contributed by atoms with Gasteiger partial charge in [-0.1, -0.05) is 22.7 Å². The highest BCUT2D eigenvalue weighted by Gasteiger charge is 1.99. The summed E-state index contributed by atoms with van der Waals surface area (Å²) < 4.78 is 0. The van der Waals surface area contributed by atoms with Crippen LogP contribution in [-0.4, -0.2) is 38.1 Å². The van der Waals surface area contributed by atoms with Gasteiger partial charge in [-0.25, -0.2) is 0 Å². The van der Waals surface area contributed by atoms with E-state index in [9.17, 15) is 0 Å². The van der Waals surface area contributed by atoms with Crippen LogP contribution in [0.15, 0.2) is 0 Å². The van der Waals surface area contributed by atoms with Crippen LogP contribution in [0.25, 0.3) is 0 Å². The van der Waals surface area contributed by atoms with Crippen LogP contribution in [0.2, 0.25) is 22.7 Å². The minimum Gasteiger partial charge on any atom is -0.0695 e. The molecule has 1 heterocycles. The third kappa shape index (κ3) is 3.01. The van der Waals surface area contributed by atoms with E-state index in [1.54, 1.807) is 22.7 Å². The standard InChI is InChI=1S/C4H8Si4/c1-5-2-7-4-8-3-6-1/h1-4H2. The van der Waals surface area contributed by atoms with Crippen LogP contribution in [0, 0.1) is 0 Å². The third-order valence-electron chi connectivity index (χ3n) is 1.000. The van der Waals surface area contributed by atoms with Crippen molar-refractivity contribution in [2.75, 3.05) is 0 Å². The van der Waals surface area contributed by atoms with E-state index in [0.29, 0.717) is 0 Å². The van der Waals surface area contributed by atoms with Crippen molar-refractivity contribution in [3.8, 4) is 0 Å². The van der Waals surface area contributed by atoms with Crippen LogP contribution in [0.5, 0.6) is 0 Å². The van der Waals surface area contributed by atoms with Crippen LogP contribution in [-0.2, 0) is 0 Å².